The van der Waals surface area contributed by atoms with Crippen molar-refractivity contribution in [3.05, 3.63) is 64.3 Å². The molecule has 4 rings (SSSR count). The summed E-state index contributed by atoms with van der Waals surface area (Å²) >= 11 is 6.46. The lowest BCUT2D eigenvalue weighted by molar-refractivity contribution is -0.121. The number of rotatable bonds is 4. The molecule has 0 aromatic heterocycles. The van der Waals surface area contributed by atoms with E-state index in [-0.39, 0.29) is 23.5 Å². The van der Waals surface area contributed by atoms with Gasteiger partial charge in [0.15, 0.2) is 5.78 Å². The van der Waals surface area contributed by atoms with E-state index in [9.17, 15) is 9.59 Å². The number of halogens is 1. The molecule has 2 aliphatic rings. The summed E-state index contributed by atoms with van der Waals surface area (Å²) in [6.07, 6.45) is 1.19. The van der Waals surface area contributed by atoms with Gasteiger partial charge in [0.2, 0.25) is 5.91 Å². The van der Waals surface area contributed by atoms with Crippen molar-refractivity contribution in [1.29, 1.82) is 0 Å². The Morgan fingerprint density at radius 2 is 1.77 bits per heavy atom. The third-order valence-corrected chi connectivity index (χ3v) is 6.37. The molecular formula is C25H26ClNO4. The number of Topliss-reactive ketones (excluding diaryl/α,β-unsaturated/α-hetero) is 1. The summed E-state index contributed by atoms with van der Waals surface area (Å²) in [6.45, 7) is 4.11. The van der Waals surface area contributed by atoms with Gasteiger partial charge in [-0.25, -0.2) is 0 Å². The van der Waals surface area contributed by atoms with Gasteiger partial charge in [0.05, 0.1) is 24.9 Å². The number of allylic oxidation sites excluding steroid dienone is 2. The Labute approximate surface area is 187 Å². The zero-order valence-electron chi connectivity index (χ0n) is 18.2. The lowest BCUT2D eigenvalue weighted by atomic mass is 9.69. The van der Waals surface area contributed by atoms with Gasteiger partial charge in [-0.05, 0) is 42.2 Å². The van der Waals surface area contributed by atoms with Crippen LogP contribution in [-0.2, 0) is 9.59 Å². The van der Waals surface area contributed by atoms with Gasteiger partial charge < -0.3 is 9.47 Å². The van der Waals surface area contributed by atoms with Crippen molar-refractivity contribution in [3.8, 4) is 11.5 Å². The Hall–Kier alpha value is -2.79. The highest BCUT2D eigenvalue weighted by atomic mass is 35.5. The average Bonchev–Trinajstić information content (AvgIpc) is 2.72. The van der Waals surface area contributed by atoms with E-state index in [0.717, 1.165) is 11.3 Å². The van der Waals surface area contributed by atoms with E-state index in [2.05, 4.69) is 13.8 Å². The first-order valence-corrected chi connectivity index (χ1v) is 10.7. The number of benzene rings is 2. The highest BCUT2D eigenvalue weighted by Crippen LogP contribution is 2.50. The smallest absolute Gasteiger partial charge is 0.232 e. The number of amides is 1. The van der Waals surface area contributed by atoms with Crippen molar-refractivity contribution in [3.63, 3.8) is 0 Å². The summed E-state index contributed by atoms with van der Waals surface area (Å²) in [7, 11) is 3.18. The molecule has 0 N–H and O–H groups in total. The predicted molar refractivity (Wildman–Crippen MR) is 121 cm³/mol. The van der Waals surface area contributed by atoms with E-state index in [1.165, 1.54) is 0 Å². The molecule has 0 saturated carbocycles. The molecule has 1 aliphatic heterocycles. The van der Waals surface area contributed by atoms with Crippen LogP contribution in [0.25, 0.3) is 0 Å². The van der Waals surface area contributed by atoms with E-state index in [1.807, 2.05) is 36.4 Å². The summed E-state index contributed by atoms with van der Waals surface area (Å²) in [6, 6.07) is 12.7. The molecular weight excluding hydrogens is 414 g/mol. The second-order valence-corrected chi connectivity index (χ2v) is 9.25. The van der Waals surface area contributed by atoms with Crippen molar-refractivity contribution in [2.75, 3.05) is 19.1 Å². The van der Waals surface area contributed by atoms with Crippen LogP contribution in [-0.4, -0.2) is 25.9 Å². The number of nitrogens with zero attached hydrogens (tertiary/aromatic N) is 1. The number of carbonyl (C=O) groups is 2. The minimum Gasteiger partial charge on any atom is -0.497 e. The first-order chi connectivity index (χ1) is 14.8. The van der Waals surface area contributed by atoms with Crippen LogP contribution in [0.2, 0.25) is 5.02 Å². The molecule has 1 unspecified atom stereocenters. The van der Waals surface area contributed by atoms with Crippen LogP contribution in [0, 0.1) is 5.41 Å². The SMILES string of the molecule is COc1ccc(OC)c(C2CC(=O)N(c3ccccc3Cl)C3=C2C(=O)CC(C)(C)C3)c1. The summed E-state index contributed by atoms with van der Waals surface area (Å²) in [5.41, 5.74) is 2.56. The number of hydrogen-bond acceptors (Lipinski definition) is 4. The van der Waals surface area contributed by atoms with Crippen molar-refractivity contribution >= 4 is 29.0 Å². The van der Waals surface area contributed by atoms with Crippen LogP contribution >= 0.6 is 11.6 Å². The molecule has 2 aromatic carbocycles. The van der Waals surface area contributed by atoms with Gasteiger partial charge in [0, 0.05) is 35.6 Å². The molecule has 0 radical (unpaired) electrons. The Bertz CT molecular complexity index is 1090. The monoisotopic (exact) mass is 439 g/mol. The van der Waals surface area contributed by atoms with Crippen LogP contribution in [0.4, 0.5) is 5.69 Å². The maximum atomic E-state index is 13.5. The zero-order chi connectivity index (χ0) is 22.3. The fraction of sp³-hybridized carbons (Fsp3) is 0.360. The first-order valence-electron chi connectivity index (χ1n) is 10.3. The minimum atomic E-state index is -0.394. The normalized spacial score (nSPS) is 20.5. The first kappa shape index (κ1) is 21.4. The summed E-state index contributed by atoms with van der Waals surface area (Å²) in [5, 5.41) is 0.482. The Morgan fingerprint density at radius 1 is 1.03 bits per heavy atom. The summed E-state index contributed by atoms with van der Waals surface area (Å²) < 4.78 is 11.0. The third-order valence-electron chi connectivity index (χ3n) is 6.05. The highest BCUT2D eigenvalue weighted by molar-refractivity contribution is 6.34. The number of ether oxygens (including phenoxy) is 2. The second kappa shape index (κ2) is 8.04. The Kier molecular flexibility index (Phi) is 5.56. The van der Waals surface area contributed by atoms with Gasteiger partial charge in [0.1, 0.15) is 11.5 Å². The highest BCUT2D eigenvalue weighted by Gasteiger charge is 2.45. The van der Waals surface area contributed by atoms with E-state index in [1.54, 1.807) is 25.2 Å². The van der Waals surface area contributed by atoms with Gasteiger partial charge in [-0.15, -0.1) is 0 Å². The second-order valence-electron chi connectivity index (χ2n) is 8.85. The van der Waals surface area contributed by atoms with Crippen LogP contribution in [0.3, 0.4) is 0 Å². The van der Waals surface area contributed by atoms with Gasteiger partial charge >= 0.3 is 0 Å². The summed E-state index contributed by atoms with van der Waals surface area (Å²) in [5.74, 6) is 0.865. The molecule has 0 spiro atoms. The lowest BCUT2D eigenvalue weighted by Crippen LogP contribution is -2.43. The van der Waals surface area contributed by atoms with Crippen molar-refractivity contribution < 1.29 is 19.1 Å². The summed E-state index contributed by atoms with van der Waals surface area (Å²) in [4.78, 5) is 28.6. The molecule has 2 aromatic rings. The molecule has 1 amide bonds. The molecule has 1 aliphatic carbocycles. The number of carbonyl (C=O) groups excluding carboxylic acids is 2. The number of methoxy groups -OCH3 is 2. The van der Waals surface area contributed by atoms with E-state index >= 15 is 0 Å². The number of hydrogen-bond donors (Lipinski definition) is 0. The topological polar surface area (TPSA) is 55.8 Å². The molecule has 6 heteroatoms. The number of para-hydroxylation sites is 1. The van der Waals surface area contributed by atoms with Crippen LogP contribution < -0.4 is 14.4 Å². The fourth-order valence-corrected chi connectivity index (χ4v) is 4.93. The standard InChI is InChI=1S/C25H26ClNO4/c1-25(2)13-20-24(21(28)14-25)17(16-11-15(30-3)9-10-22(16)31-4)12-23(29)27(20)19-8-6-5-7-18(19)26/h5-11,17H,12-14H2,1-4H3. The molecule has 0 bridgehead atoms. The molecule has 5 nitrogen and oxygen atoms in total. The third kappa shape index (κ3) is 3.83. The van der Waals surface area contributed by atoms with Crippen molar-refractivity contribution in [1.82, 2.24) is 0 Å². The Balaban J connectivity index is 1.95. The molecule has 1 atom stereocenters. The molecule has 0 saturated heterocycles. The predicted octanol–water partition coefficient (Wildman–Crippen LogP) is 5.52. The van der Waals surface area contributed by atoms with Crippen molar-refractivity contribution in [2.45, 2.75) is 39.0 Å². The Morgan fingerprint density at radius 3 is 2.45 bits per heavy atom. The van der Waals surface area contributed by atoms with Gasteiger partial charge in [0.25, 0.3) is 0 Å². The van der Waals surface area contributed by atoms with Crippen molar-refractivity contribution in [2.24, 2.45) is 5.41 Å². The van der Waals surface area contributed by atoms with E-state index in [4.69, 9.17) is 21.1 Å². The maximum absolute atomic E-state index is 13.5. The lowest BCUT2D eigenvalue weighted by Gasteiger charge is -2.43. The van der Waals surface area contributed by atoms with Crippen LogP contribution in [0.15, 0.2) is 53.7 Å². The maximum Gasteiger partial charge on any atom is 0.232 e. The van der Waals surface area contributed by atoms with Crippen LogP contribution in [0.5, 0.6) is 11.5 Å². The van der Waals surface area contributed by atoms with Gasteiger partial charge in [-0.1, -0.05) is 37.6 Å². The molecule has 0 fully saturated rings. The minimum absolute atomic E-state index is 0.0608. The van der Waals surface area contributed by atoms with E-state index < -0.39 is 5.92 Å². The number of anilines is 1. The van der Waals surface area contributed by atoms with E-state index in [0.29, 0.717) is 40.6 Å². The molecule has 31 heavy (non-hydrogen) atoms. The van der Waals surface area contributed by atoms with Crippen LogP contribution in [0.1, 0.15) is 44.6 Å². The number of ketones is 1. The molecule has 1 heterocycles. The molecule has 162 valence electrons. The van der Waals surface area contributed by atoms with Gasteiger partial charge in [-0.3, -0.25) is 14.5 Å². The van der Waals surface area contributed by atoms with Gasteiger partial charge in [-0.2, -0.15) is 0 Å². The quantitative estimate of drug-likeness (QED) is 0.629. The average molecular weight is 440 g/mol. The fourth-order valence-electron chi connectivity index (χ4n) is 4.71. The largest absolute Gasteiger partial charge is 0.497 e. The zero-order valence-corrected chi connectivity index (χ0v) is 19.0.